The van der Waals surface area contributed by atoms with Gasteiger partial charge in [0.2, 0.25) is 0 Å². The zero-order valence-corrected chi connectivity index (χ0v) is 13.7. The summed E-state index contributed by atoms with van der Waals surface area (Å²) >= 11 is 0. The van der Waals surface area contributed by atoms with Crippen molar-refractivity contribution in [3.8, 4) is 6.07 Å². The number of ether oxygens (including phenoxy) is 1. The van der Waals surface area contributed by atoms with Crippen LogP contribution in [0.4, 0.5) is 0 Å². The summed E-state index contributed by atoms with van der Waals surface area (Å²) in [6.45, 7) is 10.1. The smallest absolute Gasteiger partial charge is 0.259 e. The molecule has 0 aromatic rings. The molecule has 1 heterocycles. The Balaban J connectivity index is 2.69. The SMILES string of the molecule is CC(C)N(C(C)C)P(OCCC#N)OC1C=CCOC1. The third kappa shape index (κ3) is 5.87. The standard InChI is InChI=1S/C14H25N2O3P/c1-12(2)16(13(3)4)20(18-10-6-8-15)19-14-7-5-9-17-11-14/h5,7,12-14H,6,9-11H2,1-4H3. The Morgan fingerprint density at radius 3 is 2.60 bits per heavy atom. The Kier molecular flexibility index (Phi) is 8.28. The molecule has 0 amide bonds. The summed E-state index contributed by atoms with van der Waals surface area (Å²) in [5.41, 5.74) is 0. The minimum absolute atomic E-state index is 0.0723. The van der Waals surface area contributed by atoms with E-state index in [1.54, 1.807) is 0 Å². The lowest BCUT2D eigenvalue weighted by Gasteiger charge is -2.37. The highest BCUT2D eigenvalue weighted by atomic mass is 31.2. The normalized spacial score (nSPS) is 20.6. The first-order chi connectivity index (χ1) is 9.56. The highest BCUT2D eigenvalue weighted by molar-refractivity contribution is 7.44. The van der Waals surface area contributed by atoms with Gasteiger partial charge in [-0.25, -0.2) is 4.67 Å². The summed E-state index contributed by atoms with van der Waals surface area (Å²) < 4.78 is 19.5. The van der Waals surface area contributed by atoms with Crippen LogP contribution in [0.15, 0.2) is 12.2 Å². The van der Waals surface area contributed by atoms with Crippen molar-refractivity contribution in [1.29, 1.82) is 5.26 Å². The highest BCUT2D eigenvalue weighted by Gasteiger charge is 2.29. The van der Waals surface area contributed by atoms with Crippen LogP contribution in [0.5, 0.6) is 0 Å². The quantitative estimate of drug-likeness (QED) is 0.391. The molecule has 0 aromatic carbocycles. The molecule has 0 aromatic heterocycles. The number of nitrogens with zero attached hydrogens (tertiary/aromatic N) is 2. The first-order valence-electron chi connectivity index (χ1n) is 7.05. The van der Waals surface area contributed by atoms with Crippen LogP contribution in [0.3, 0.4) is 0 Å². The van der Waals surface area contributed by atoms with Gasteiger partial charge in [0.1, 0.15) is 6.10 Å². The fraction of sp³-hybridized carbons (Fsp3) is 0.786. The third-order valence-corrected chi connectivity index (χ3v) is 4.89. The molecule has 1 aliphatic heterocycles. The van der Waals surface area contributed by atoms with E-state index < -0.39 is 8.53 Å². The second-order valence-corrected chi connectivity index (χ2v) is 6.56. The number of rotatable bonds is 8. The van der Waals surface area contributed by atoms with Gasteiger partial charge in [-0.2, -0.15) is 5.26 Å². The molecule has 0 radical (unpaired) electrons. The maximum absolute atomic E-state index is 8.65. The van der Waals surface area contributed by atoms with Gasteiger partial charge in [0.05, 0.1) is 32.3 Å². The molecule has 1 rings (SSSR count). The van der Waals surface area contributed by atoms with Crippen LogP contribution in [0, 0.1) is 11.3 Å². The maximum Gasteiger partial charge on any atom is 0.259 e. The Labute approximate surface area is 123 Å². The van der Waals surface area contributed by atoms with Gasteiger partial charge in [0.15, 0.2) is 0 Å². The van der Waals surface area contributed by atoms with Gasteiger partial charge >= 0.3 is 0 Å². The van der Waals surface area contributed by atoms with Crippen LogP contribution >= 0.6 is 8.53 Å². The molecule has 6 heteroatoms. The van der Waals surface area contributed by atoms with E-state index in [0.717, 1.165) is 0 Å². The Hall–Kier alpha value is -0.500. The molecule has 5 nitrogen and oxygen atoms in total. The van der Waals surface area contributed by atoms with E-state index in [4.69, 9.17) is 19.0 Å². The maximum atomic E-state index is 8.65. The van der Waals surface area contributed by atoms with Crippen LogP contribution in [0.2, 0.25) is 0 Å². The van der Waals surface area contributed by atoms with Gasteiger partial charge in [0, 0.05) is 12.1 Å². The van der Waals surface area contributed by atoms with Crippen LogP contribution < -0.4 is 0 Å². The average molecular weight is 300 g/mol. The zero-order chi connectivity index (χ0) is 15.0. The number of hydrogen-bond acceptors (Lipinski definition) is 5. The number of hydrogen-bond donors (Lipinski definition) is 0. The van der Waals surface area contributed by atoms with E-state index >= 15 is 0 Å². The minimum Gasteiger partial charge on any atom is -0.374 e. The summed E-state index contributed by atoms with van der Waals surface area (Å²) in [5.74, 6) is 0. The largest absolute Gasteiger partial charge is 0.374 e. The van der Waals surface area contributed by atoms with Crippen LogP contribution in [-0.4, -0.2) is 42.7 Å². The van der Waals surface area contributed by atoms with Crippen molar-refractivity contribution in [2.24, 2.45) is 0 Å². The monoisotopic (exact) mass is 300 g/mol. The van der Waals surface area contributed by atoms with Crippen molar-refractivity contribution >= 4 is 8.53 Å². The molecule has 20 heavy (non-hydrogen) atoms. The predicted molar refractivity (Wildman–Crippen MR) is 80.0 cm³/mol. The fourth-order valence-corrected chi connectivity index (χ4v) is 3.66. The predicted octanol–water partition coefficient (Wildman–Crippen LogP) is 3.23. The lowest BCUT2D eigenvalue weighted by Crippen LogP contribution is -2.35. The summed E-state index contributed by atoms with van der Waals surface area (Å²) in [7, 11) is -1.19. The van der Waals surface area contributed by atoms with Gasteiger partial charge in [-0.1, -0.05) is 12.2 Å². The average Bonchev–Trinajstić information content (AvgIpc) is 2.39. The first-order valence-corrected chi connectivity index (χ1v) is 8.18. The Bertz CT molecular complexity index is 334. The summed E-state index contributed by atoms with van der Waals surface area (Å²) in [6, 6.07) is 2.73. The second-order valence-electron chi connectivity index (χ2n) is 5.16. The summed E-state index contributed by atoms with van der Waals surface area (Å²) in [5, 5.41) is 8.65. The van der Waals surface area contributed by atoms with Crippen molar-refractivity contribution in [1.82, 2.24) is 4.67 Å². The van der Waals surface area contributed by atoms with Gasteiger partial charge in [-0.05, 0) is 27.7 Å². The van der Waals surface area contributed by atoms with Gasteiger partial charge < -0.3 is 13.8 Å². The van der Waals surface area contributed by atoms with E-state index in [1.165, 1.54) is 0 Å². The van der Waals surface area contributed by atoms with Gasteiger partial charge in [-0.15, -0.1) is 0 Å². The molecule has 2 unspecified atom stereocenters. The molecule has 114 valence electrons. The Morgan fingerprint density at radius 1 is 1.40 bits per heavy atom. The van der Waals surface area contributed by atoms with E-state index in [-0.39, 0.29) is 6.10 Å². The molecule has 0 aliphatic carbocycles. The molecule has 0 spiro atoms. The molecule has 0 fully saturated rings. The van der Waals surface area contributed by atoms with E-state index in [9.17, 15) is 0 Å². The van der Waals surface area contributed by atoms with Crippen molar-refractivity contribution in [3.05, 3.63) is 12.2 Å². The van der Waals surface area contributed by atoms with Gasteiger partial charge in [-0.3, -0.25) is 0 Å². The van der Waals surface area contributed by atoms with Crippen molar-refractivity contribution in [2.75, 3.05) is 19.8 Å². The molecular formula is C14H25N2O3P. The highest BCUT2D eigenvalue weighted by Crippen LogP contribution is 2.47. The lowest BCUT2D eigenvalue weighted by atomic mass is 10.3. The summed E-state index contributed by atoms with van der Waals surface area (Å²) in [4.78, 5) is 0. The minimum atomic E-state index is -1.19. The lowest BCUT2D eigenvalue weighted by molar-refractivity contribution is 0.0609. The Morgan fingerprint density at radius 2 is 2.10 bits per heavy atom. The second kappa shape index (κ2) is 9.44. The molecule has 0 bridgehead atoms. The van der Waals surface area contributed by atoms with Crippen LogP contribution in [0.25, 0.3) is 0 Å². The van der Waals surface area contributed by atoms with E-state index in [0.29, 0.717) is 38.3 Å². The van der Waals surface area contributed by atoms with E-state index in [1.807, 2.05) is 12.2 Å². The fourth-order valence-electron chi connectivity index (χ4n) is 1.99. The number of nitriles is 1. The molecular weight excluding hydrogens is 275 g/mol. The van der Waals surface area contributed by atoms with Gasteiger partial charge in [0.25, 0.3) is 8.53 Å². The zero-order valence-electron chi connectivity index (χ0n) is 12.8. The molecule has 1 aliphatic rings. The topological polar surface area (TPSA) is 54.7 Å². The van der Waals surface area contributed by atoms with Crippen molar-refractivity contribution in [2.45, 2.75) is 52.3 Å². The van der Waals surface area contributed by atoms with Crippen LogP contribution in [-0.2, 0) is 13.8 Å². The first kappa shape index (κ1) is 17.6. The summed E-state index contributed by atoms with van der Waals surface area (Å²) in [6.07, 6.45) is 4.29. The third-order valence-electron chi connectivity index (χ3n) is 2.73. The molecule has 2 atom stereocenters. The molecule has 0 N–H and O–H groups in total. The molecule has 0 saturated carbocycles. The van der Waals surface area contributed by atoms with E-state index in [2.05, 4.69) is 38.4 Å². The van der Waals surface area contributed by atoms with Crippen molar-refractivity contribution in [3.63, 3.8) is 0 Å². The molecule has 0 saturated heterocycles. The van der Waals surface area contributed by atoms with Crippen LogP contribution in [0.1, 0.15) is 34.1 Å². The van der Waals surface area contributed by atoms with Crippen molar-refractivity contribution < 1.29 is 13.8 Å².